The molecule has 6 nitrogen and oxygen atoms in total. The molecule has 0 unspecified atom stereocenters. The molecule has 1 aliphatic heterocycles. The molecule has 3 rings (SSSR count). The summed E-state index contributed by atoms with van der Waals surface area (Å²) in [5.74, 6) is 0.293. The number of guanidine groups is 2. The molecule has 144 valence electrons. The van der Waals surface area contributed by atoms with Crippen LogP contribution in [-0.4, -0.2) is 17.6 Å². The average Bonchev–Trinajstić information content (AvgIpc) is 2.65. The van der Waals surface area contributed by atoms with Crippen LogP contribution in [-0.2, 0) is 6.42 Å². The molecule has 0 amide bonds. The maximum Gasteiger partial charge on any atom is 0.220 e. The number of nitrogens with zero attached hydrogens (tertiary/aromatic N) is 4. The monoisotopic (exact) mass is 374 g/mol. The maximum absolute atomic E-state index is 9.72. The zero-order chi connectivity index (χ0) is 20.1. The van der Waals surface area contributed by atoms with Gasteiger partial charge in [0.15, 0.2) is 0 Å². The molecule has 4 N–H and O–H groups in total. The van der Waals surface area contributed by atoms with Crippen molar-refractivity contribution in [3.8, 4) is 6.07 Å². The molecule has 0 aliphatic carbocycles. The molecule has 1 heterocycles. The predicted octanol–water partition coefficient (Wildman–Crippen LogP) is 3.50. The van der Waals surface area contributed by atoms with Gasteiger partial charge in [-0.25, -0.2) is 4.99 Å². The third-order valence-corrected chi connectivity index (χ3v) is 4.88. The van der Waals surface area contributed by atoms with Gasteiger partial charge in [-0.3, -0.25) is 4.90 Å². The third kappa shape index (κ3) is 4.32. The first-order valence-electron chi connectivity index (χ1n) is 9.44. The van der Waals surface area contributed by atoms with E-state index >= 15 is 0 Å². The summed E-state index contributed by atoms with van der Waals surface area (Å²) in [6, 6.07) is 20.7. The summed E-state index contributed by atoms with van der Waals surface area (Å²) in [6.07, 6.45) is 2.71. The fourth-order valence-corrected chi connectivity index (χ4v) is 3.59. The highest BCUT2D eigenvalue weighted by atomic mass is 15.4. The van der Waals surface area contributed by atoms with Crippen LogP contribution < -0.4 is 16.4 Å². The van der Waals surface area contributed by atoms with Gasteiger partial charge in [-0.05, 0) is 56.4 Å². The van der Waals surface area contributed by atoms with Crippen molar-refractivity contribution in [3.05, 3.63) is 65.7 Å². The highest BCUT2D eigenvalue weighted by Gasteiger charge is 2.33. The van der Waals surface area contributed by atoms with Crippen LogP contribution in [0.25, 0.3) is 0 Å². The Balaban J connectivity index is 1.76. The van der Waals surface area contributed by atoms with Crippen molar-refractivity contribution in [3.63, 3.8) is 0 Å². The second-order valence-electron chi connectivity index (χ2n) is 7.42. The lowest BCUT2D eigenvalue weighted by Crippen LogP contribution is -2.54. The number of nitrogens with two attached hydrogens (primary N) is 2. The van der Waals surface area contributed by atoms with Gasteiger partial charge in [-0.2, -0.15) is 10.3 Å². The standard InChI is InChI=1S/C22H26N6/c1-22(2)27-20(24)26-21(25)28(22)19-13-7-11-17(14-19)18(15-23)12-6-10-16-8-4-3-5-9-16/h3-5,7-9,11,13-14,18H,6,10,12H2,1-2H3,(H4,24,25,26,27)/t18-/m0/s1. The summed E-state index contributed by atoms with van der Waals surface area (Å²) >= 11 is 0. The number of aryl methyl sites for hydroxylation is 1. The number of aliphatic imine (C=N–C) groups is 2. The first-order valence-corrected chi connectivity index (χ1v) is 9.44. The van der Waals surface area contributed by atoms with E-state index in [1.807, 2.05) is 61.2 Å². The van der Waals surface area contributed by atoms with E-state index in [2.05, 4.69) is 28.2 Å². The molecule has 0 radical (unpaired) electrons. The van der Waals surface area contributed by atoms with Crippen LogP contribution >= 0.6 is 0 Å². The van der Waals surface area contributed by atoms with Gasteiger partial charge in [0.1, 0.15) is 5.66 Å². The molecule has 1 aliphatic rings. The number of hydrogen-bond acceptors (Lipinski definition) is 6. The molecule has 2 aromatic rings. The summed E-state index contributed by atoms with van der Waals surface area (Å²) in [6.45, 7) is 3.85. The van der Waals surface area contributed by atoms with E-state index < -0.39 is 5.66 Å². The molecule has 0 fully saturated rings. The quantitative estimate of drug-likeness (QED) is 0.807. The maximum atomic E-state index is 9.72. The first-order chi connectivity index (χ1) is 13.4. The van der Waals surface area contributed by atoms with Crippen molar-refractivity contribution >= 4 is 17.6 Å². The Morgan fingerprint density at radius 2 is 1.86 bits per heavy atom. The van der Waals surface area contributed by atoms with Crippen LogP contribution in [0.5, 0.6) is 0 Å². The largest absolute Gasteiger partial charge is 0.369 e. The van der Waals surface area contributed by atoms with Gasteiger partial charge in [-0.1, -0.05) is 42.5 Å². The molecule has 0 bridgehead atoms. The molecule has 0 spiro atoms. The number of anilines is 1. The van der Waals surface area contributed by atoms with Crippen LogP contribution in [0.1, 0.15) is 43.7 Å². The van der Waals surface area contributed by atoms with Crippen LogP contribution in [0.15, 0.2) is 64.6 Å². The van der Waals surface area contributed by atoms with Crippen molar-refractivity contribution in [2.24, 2.45) is 21.5 Å². The first kappa shape index (κ1) is 19.4. The Labute approximate surface area is 166 Å². The van der Waals surface area contributed by atoms with E-state index in [4.69, 9.17) is 11.5 Å². The van der Waals surface area contributed by atoms with E-state index in [0.717, 1.165) is 30.5 Å². The van der Waals surface area contributed by atoms with Crippen LogP contribution in [0, 0.1) is 11.3 Å². The van der Waals surface area contributed by atoms with E-state index in [-0.39, 0.29) is 11.9 Å². The van der Waals surface area contributed by atoms with Gasteiger partial charge in [0, 0.05) is 5.69 Å². The second-order valence-corrected chi connectivity index (χ2v) is 7.42. The van der Waals surface area contributed by atoms with E-state index in [0.29, 0.717) is 5.96 Å². The van der Waals surface area contributed by atoms with Crippen molar-refractivity contribution in [2.45, 2.75) is 44.7 Å². The Hall–Kier alpha value is -3.33. The molecule has 0 saturated heterocycles. The Kier molecular flexibility index (Phi) is 5.65. The number of benzene rings is 2. The van der Waals surface area contributed by atoms with Crippen LogP contribution in [0.4, 0.5) is 5.69 Å². The number of nitriles is 1. The molecular formula is C22H26N6. The molecule has 2 aromatic carbocycles. The van der Waals surface area contributed by atoms with Gasteiger partial charge < -0.3 is 11.5 Å². The normalized spacial score (nSPS) is 16.7. The Morgan fingerprint density at radius 1 is 1.11 bits per heavy atom. The lowest BCUT2D eigenvalue weighted by atomic mass is 9.93. The second kappa shape index (κ2) is 8.13. The molecule has 0 aromatic heterocycles. The zero-order valence-electron chi connectivity index (χ0n) is 16.3. The van der Waals surface area contributed by atoms with Gasteiger partial charge in [0.05, 0.1) is 12.0 Å². The van der Waals surface area contributed by atoms with Crippen molar-refractivity contribution < 1.29 is 0 Å². The van der Waals surface area contributed by atoms with E-state index in [9.17, 15) is 5.26 Å². The summed E-state index contributed by atoms with van der Waals surface area (Å²) in [7, 11) is 0. The zero-order valence-corrected chi connectivity index (χ0v) is 16.3. The van der Waals surface area contributed by atoms with Crippen LogP contribution in [0.3, 0.4) is 0 Å². The molecule has 1 atom stereocenters. The average molecular weight is 374 g/mol. The fourth-order valence-electron chi connectivity index (χ4n) is 3.59. The highest BCUT2D eigenvalue weighted by Crippen LogP contribution is 2.31. The minimum Gasteiger partial charge on any atom is -0.369 e. The fraction of sp³-hybridized carbons (Fsp3) is 0.318. The Bertz CT molecular complexity index is 924. The molecule has 0 saturated carbocycles. The van der Waals surface area contributed by atoms with E-state index in [1.165, 1.54) is 5.56 Å². The predicted molar refractivity (Wildman–Crippen MR) is 114 cm³/mol. The lowest BCUT2D eigenvalue weighted by Gasteiger charge is -2.38. The molecule has 6 heteroatoms. The van der Waals surface area contributed by atoms with Gasteiger partial charge in [0.25, 0.3) is 0 Å². The van der Waals surface area contributed by atoms with Crippen molar-refractivity contribution in [1.29, 1.82) is 5.26 Å². The molecular weight excluding hydrogens is 348 g/mol. The summed E-state index contributed by atoms with van der Waals surface area (Å²) in [5, 5.41) is 9.72. The van der Waals surface area contributed by atoms with Gasteiger partial charge >= 0.3 is 0 Å². The Morgan fingerprint density at radius 3 is 2.54 bits per heavy atom. The van der Waals surface area contributed by atoms with E-state index in [1.54, 1.807) is 0 Å². The van der Waals surface area contributed by atoms with Crippen LogP contribution in [0.2, 0.25) is 0 Å². The van der Waals surface area contributed by atoms with Crippen molar-refractivity contribution in [2.75, 3.05) is 4.90 Å². The van der Waals surface area contributed by atoms with Crippen molar-refractivity contribution in [1.82, 2.24) is 0 Å². The SMILES string of the molecule is CC1(C)N=C(N)N=C(N)N1c1cccc([C@H](C#N)CCCc2ccccc2)c1. The lowest BCUT2D eigenvalue weighted by molar-refractivity contribution is 0.533. The van der Waals surface area contributed by atoms with Gasteiger partial charge in [0.2, 0.25) is 11.9 Å². The van der Waals surface area contributed by atoms with Gasteiger partial charge in [-0.15, -0.1) is 0 Å². The minimum atomic E-state index is -0.649. The molecule has 28 heavy (non-hydrogen) atoms. The summed E-state index contributed by atoms with van der Waals surface area (Å²) in [5.41, 5.74) is 14.4. The topological polar surface area (TPSA) is 104 Å². The smallest absolute Gasteiger partial charge is 0.220 e. The minimum absolute atomic E-state index is 0.172. The summed E-state index contributed by atoms with van der Waals surface area (Å²) in [4.78, 5) is 10.3. The summed E-state index contributed by atoms with van der Waals surface area (Å²) < 4.78 is 0. The number of hydrogen-bond donors (Lipinski definition) is 2. The highest BCUT2D eigenvalue weighted by molar-refractivity contribution is 6.05. The number of rotatable bonds is 6. The third-order valence-electron chi connectivity index (χ3n) is 4.88.